The number of aromatic nitrogens is 2. The molecule has 0 radical (unpaired) electrons. The molecular weight excluding hydrogens is 256 g/mol. The topological polar surface area (TPSA) is 64.3 Å². The second kappa shape index (κ2) is 5.61. The van der Waals surface area contributed by atoms with E-state index < -0.39 is 5.97 Å². The van der Waals surface area contributed by atoms with Crippen molar-refractivity contribution in [1.82, 2.24) is 9.78 Å². The first-order chi connectivity index (χ1) is 9.47. The highest BCUT2D eigenvalue weighted by atomic mass is 16.5. The molecule has 20 heavy (non-hydrogen) atoms. The van der Waals surface area contributed by atoms with Crippen molar-refractivity contribution in [3.63, 3.8) is 0 Å². The Bertz CT molecular complexity index is 659. The quantitative estimate of drug-likeness (QED) is 0.850. The van der Waals surface area contributed by atoms with Crippen molar-refractivity contribution >= 4 is 5.97 Å². The van der Waals surface area contributed by atoms with Gasteiger partial charge >= 0.3 is 5.97 Å². The number of carboxylic acid groups (broad SMARTS) is 1. The maximum Gasteiger partial charge on any atom is 0.356 e. The van der Waals surface area contributed by atoms with E-state index in [1.54, 1.807) is 17.8 Å². The normalized spacial score (nSPS) is 10.3. The van der Waals surface area contributed by atoms with Crippen LogP contribution in [0.4, 0.5) is 0 Å². The van der Waals surface area contributed by atoms with Gasteiger partial charge in [0.05, 0.1) is 5.69 Å². The molecule has 1 heterocycles. The molecule has 0 aliphatic rings. The first kappa shape index (κ1) is 13.9. The summed E-state index contributed by atoms with van der Waals surface area (Å²) in [6.45, 7) is 6.13. The van der Waals surface area contributed by atoms with Crippen molar-refractivity contribution in [2.45, 2.75) is 6.92 Å². The van der Waals surface area contributed by atoms with E-state index in [9.17, 15) is 4.79 Å². The summed E-state index contributed by atoms with van der Waals surface area (Å²) in [4.78, 5) is 10.9. The van der Waals surface area contributed by atoms with Crippen molar-refractivity contribution in [2.75, 3.05) is 6.61 Å². The van der Waals surface area contributed by atoms with E-state index in [1.165, 1.54) is 0 Å². The number of hydrogen-bond acceptors (Lipinski definition) is 3. The molecule has 5 nitrogen and oxygen atoms in total. The smallest absolute Gasteiger partial charge is 0.356 e. The zero-order valence-corrected chi connectivity index (χ0v) is 11.5. The molecule has 1 aromatic carbocycles. The lowest BCUT2D eigenvalue weighted by atomic mass is 10.1. The molecule has 0 bridgehead atoms. The number of aryl methyl sites for hydroxylation is 1. The second-order valence-electron chi connectivity index (χ2n) is 4.62. The van der Waals surface area contributed by atoms with Gasteiger partial charge in [-0.3, -0.25) is 4.68 Å². The predicted molar refractivity (Wildman–Crippen MR) is 75.9 cm³/mol. The van der Waals surface area contributed by atoms with Crippen LogP contribution in [-0.4, -0.2) is 27.5 Å². The highest BCUT2D eigenvalue weighted by Crippen LogP contribution is 2.24. The molecule has 2 aromatic rings. The summed E-state index contributed by atoms with van der Waals surface area (Å²) in [6.07, 6.45) is 0. The molecule has 5 heteroatoms. The van der Waals surface area contributed by atoms with Gasteiger partial charge in [0.15, 0.2) is 5.69 Å². The minimum Gasteiger partial charge on any atom is -0.489 e. The summed E-state index contributed by atoms with van der Waals surface area (Å²) >= 11 is 0. The number of ether oxygens (including phenoxy) is 1. The van der Waals surface area contributed by atoms with E-state index in [1.807, 2.05) is 31.2 Å². The fourth-order valence-corrected chi connectivity index (χ4v) is 1.79. The largest absolute Gasteiger partial charge is 0.489 e. The summed E-state index contributed by atoms with van der Waals surface area (Å²) in [5.74, 6) is -0.329. The molecule has 0 aliphatic heterocycles. The van der Waals surface area contributed by atoms with Crippen molar-refractivity contribution < 1.29 is 14.6 Å². The van der Waals surface area contributed by atoms with E-state index in [0.29, 0.717) is 12.4 Å². The van der Waals surface area contributed by atoms with Crippen molar-refractivity contribution in [3.8, 4) is 17.0 Å². The van der Waals surface area contributed by atoms with Gasteiger partial charge in [-0.1, -0.05) is 18.7 Å². The Labute approximate surface area is 117 Å². The monoisotopic (exact) mass is 272 g/mol. The van der Waals surface area contributed by atoms with Crippen LogP contribution in [0.2, 0.25) is 0 Å². The van der Waals surface area contributed by atoms with Gasteiger partial charge in [0.25, 0.3) is 0 Å². The Morgan fingerprint density at radius 3 is 2.80 bits per heavy atom. The zero-order chi connectivity index (χ0) is 14.7. The van der Waals surface area contributed by atoms with Crippen LogP contribution in [-0.2, 0) is 7.05 Å². The highest BCUT2D eigenvalue weighted by molar-refractivity contribution is 5.87. The maximum atomic E-state index is 10.9. The molecule has 0 spiro atoms. The molecule has 1 N–H and O–H groups in total. The van der Waals surface area contributed by atoms with Crippen LogP contribution in [0.15, 0.2) is 42.5 Å². The van der Waals surface area contributed by atoms with Crippen molar-refractivity contribution in [3.05, 3.63) is 48.2 Å². The van der Waals surface area contributed by atoms with Crippen LogP contribution >= 0.6 is 0 Å². The molecule has 0 saturated carbocycles. The van der Waals surface area contributed by atoms with E-state index in [4.69, 9.17) is 9.84 Å². The maximum absolute atomic E-state index is 10.9. The van der Waals surface area contributed by atoms with E-state index in [2.05, 4.69) is 11.7 Å². The van der Waals surface area contributed by atoms with E-state index >= 15 is 0 Å². The SMILES string of the molecule is C=C(C)COc1cccc(-c2cc(C(=O)O)nn2C)c1. The number of rotatable bonds is 5. The number of aromatic carboxylic acids is 1. The lowest BCUT2D eigenvalue weighted by Gasteiger charge is -2.08. The van der Waals surface area contributed by atoms with Gasteiger partial charge in [-0.15, -0.1) is 0 Å². The Kier molecular flexibility index (Phi) is 3.89. The summed E-state index contributed by atoms with van der Waals surface area (Å²) in [5, 5.41) is 12.9. The van der Waals surface area contributed by atoms with Gasteiger partial charge in [-0.05, 0) is 30.7 Å². The number of benzene rings is 1. The van der Waals surface area contributed by atoms with Crippen LogP contribution < -0.4 is 4.74 Å². The standard InChI is InChI=1S/C15H16N2O3/c1-10(2)9-20-12-6-4-5-11(7-12)14-8-13(15(18)19)16-17(14)3/h4-8H,1,9H2,2-3H3,(H,18,19). The molecule has 0 amide bonds. The Hall–Kier alpha value is -2.56. The third kappa shape index (κ3) is 3.06. The van der Waals surface area contributed by atoms with Crippen molar-refractivity contribution in [2.24, 2.45) is 7.05 Å². The molecule has 2 rings (SSSR count). The zero-order valence-electron chi connectivity index (χ0n) is 11.5. The summed E-state index contributed by atoms with van der Waals surface area (Å²) < 4.78 is 7.12. The Morgan fingerprint density at radius 2 is 2.20 bits per heavy atom. The first-order valence-electron chi connectivity index (χ1n) is 6.12. The highest BCUT2D eigenvalue weighted by Gasteiger charge is 2.12. The van der Waals surface area contributed by atoms with Crippen LogP contribution in [0, 0.1) is 0 Å². The molecule has 0 fully saturated rings. The average molecular weight is 272 g/mol. The molecule has 0 unspecified atom stereocenters. The second-order valence-corrected chi connectivity index (χ2v) is 4.62. The van der Waals surface area contributed by atoms with Gasteiger partial charge in [0.2, 0.25) is 0 Å². The summed E-state index contributed by atoms with van der Waals surface area (Å²) in [7, 11) is 1.71. The van der Waals surface area contributed by atoms with Crippen LogP contribution in [0.1, 0.15) is 17.4 Å². The van der Waals surface area contributed by atoms with E-state index in [0.717, 1.165) is 16.8 Å². The predicted octanol–water partition coefficient (Wildman–Crippen LogP) is 2.74. The minimum atomic E-state index is -1.04. The fourth-order valence-electron chi connectivity index (χ4n) is 1.79. The molecule has 1 aromatic heterocycles. The van der Waals surface area contributed by atoms with Crippen LogP contribution in [0.3, 0.4) is 0 Å². The van der Waals surface area contributed by atoms with Gasteiger partial charge < -0.3 is 9.84 Å². The number of carbonyl (C=O) groups is 1. The average Bonchev–Trinajstić information content (AvgIpc) is 2.79. The first-order valence-corrected chi connectivity index (χ1v) is 6.12. The van der Waals surface area contributed by atoms with Gasteiger partial charge in [-0.2, -0.15) is 5.10 Å². The molecule has 0 aliphatic carbocycles. The van der Waals surface area contributed by atoms with Crippen molar-refractivity contribution in [1.29, 1.82) is 0 Å². The van der Waals surface area contributed by atoms with Crippen LogP contribution in [0.25, 0.3) is 11.3 Å². The summed E-state index contributed by atoms with van der Waals surface area (Å²) in [6, 6.07) is 8.99. The fraction of sp³-hybridized carbons (Fsp3) is 0.200. The van der Waals surface area contributed by atoms with E-state index in [-0.39, 0.29) is 5.69 Å². The molecule has 104 valence electrons. The third-order valence-corrected chi connectivity index (χ3v) is 2.71. The minimum absolute atomic E-state index is 0.0238. The Balaban J connectivity index is 2.31. The molecular formula is C15H16N2O3. The summed E-state index contributed by atoms with van der Waals surface area (Å²) in [5.41, 5.74) is 2.54. The number of hydrogen-bond donors (Lipinski definition) is 1. The number of nitrogens with zero attached hydrogens (tertiary/aromatic N) is 2. The van der Waals surface area contributed by atoms with Crippen LogP contribution in [0.5, 0.6) is 5.75 Å². The number of carboxylic acids is 1. The van der Waals surface area contributed by atoms with Gasteiger partial charge in [-0.25, -0.2) is 4.79 Å². The Morgan fingerprint density at radius 1 is 1.45 bits per heavy atom. The lowest BCUT2D eigenvalue weighted by molar-refractivity contribution is 0.0689. The van der Waals surface area contributed by atoms with Gasteiger partial charge in [0, 0.05) is 12.6 Å². The molecule has 0 atom stereocenters. The molecule has 0 saturated heterocycles. The third-order valence-electron chi connectivity index (χ3n) is 2.71. The lowest BCUT2D eigenvalue weighted by Crippen LogP contribution is -1.99. The van der Waals surface area contributed by atoms with Gasteiger partial charge in [0.1, 0.15) is 12.4 Å².